The molecule has 2 aromatic rings. The molecule has 1 aromatic heterocycles. The summed E-state index contributed by atoms with van der Waals surface area (Å²) < 4.78 is 25.3. The van der Waals surface area contributed by atoms with Crippen molar-refractivity contribution >= 4 is 27.1 Å². The van der Waals surface area contributed by atoms with Gasteiger partial charge in [-0.15, -0.1) is 11.3 Å². The molecule has 1 saturated heterocycles. The summed E-state index contributed by atoms with van der Waals surface area (Å²) in [7, 11) is -3.57. The second-order valence-corrected chi connectivity index (χ2v) is 9.25. The monoisotopic (exact) mass is 364 g/mol. The molecule has 128 valence electrons. The van der Waals surface area contributed by atoms with Gasteiger partial charge in [0.2, 0.25) is 9.84 Å². The number of benzene rings is 1. The molecule has 7 heteroatoms. The molecule has 1 amide bonds. The predicted molar refractivity (Wildman–Crippen MR) is 94.2 cm³/mol. The molecule has 0 bridgehead atoms. The number of hydrogen-bond acceptors (Lipinski definition) is 5. The first-order valence-electron chi connectivity index (χ1n) is 7.91. The Bertz CT molecular complexity index is 815. The number of amides is 1. The Hall–Kier alpha value is -1.70. The van der Waals surface area contributed by atoms with Gasteiger partial charge in [-0.25, -0.2) is 8.42 Å². The molecule has 24 heavy (non-hydrogen) atoms. The number of thiophene rings is 1. The highest BCUT2D eigenvalue weighted by Crippen LogP contribution is 2.27. The van der Waals surface area contributed by atoms with Crippen LogP contribution in [0.5, 0.6) is 0 Å². The largest absolute Gasteiger partial charge is 0.349 e. The molecule has 3 rings (SSSR count). The van der Waals surface area contributed by atoms with Crippen LogP contribution in [0.4, 0.5) is 0 Å². The average Bonchev–Trinajstić information content (AvgIpc) is 3.07. The highest BCUT2D eigenvalue weighted by molar-refractivity contribution is 7.93. The van der Waals surface area contributed by atoms with Gasteiger partial charge in [0, 0.05) is 12.1 Å². The molecular weight excluding hydrogens is 344 g/mol. The highest BCUT2D eigenvalue weighted by atomic mass is 32.2. The fraction of sp³-hybridized carbons (Fsp3) is 0.353. The summed E-state index contributed by atoms with van der Waals surface area (Å²) in [5, 5.41) is 6.35. The van der Waals surface area contributed by atoms with Crippen LogP contribution in [0.25, 0.3) is 0 Å². The lowest BCUT2D eigenvalue weighted by atomic mass is 10.0. The number of carbonyl (C=O) groups excluding carboxylic acids is 1. The molecule has 0 saturated carbocycles. The molecule has 1 aliphatic rings. The fourth-order valence-electron chi connectivity index (χ4n) is 2.82. The van der Waals surface area contributed by atoms with E-state index in [1.165, 1.54) is 6.07 Å². The summed E-state index contributed by atoms with van der Waals surface area (Å²) >= 11 is 1.02. The van der Waals surface area contributed by atoms with Crippen LogP contribution >= 0.6 is 11.3 Å². The molecule has 5 nitrogen and oxygen atoms in total. The molecule has 2 N–H and O–H groups in total. The van der Waals surface area contributed by atoms with E-state index in [-0.39, 0.29) is 21.1 Å². The summed E-state index contributed by atoms with van der Waals surface area (Å²) in [6.45, 7) is 2.97. The number of rotatable bonds is 4. The van der Waals surface area contributed by atoms with E-state index in [1.807, 2.05) is 0 Å². The topological polar surface area (TPSA) is 75.3 Å². The van der Waals surface area contributed by atoms with E-state index < -0.39 is 9.84 Å². The summed E-state index contributed by atoms with van der Waals surface area (Å²) in [6, 6.07) is 11.9. The van der Waals surface area contributed by atoms with Crippen LogP contribution in [0.1, 0.15) is 29.4 Å². The average molecular weight is 364 g/mol. The second-order valence-electron chi connectivity index (χ2n) is 5.99. The van der Waals surface area contributed by atoms with Gasteiger partial charge in [0.25, 0.3) is 5.91 Å². The van der Waals surface area contributed by atoms with Crippen LogP contribution in [0.3, 0.4) is 0 Å². The molecule has 1 aromatic carbocycles. The lowest BCUT2D eigenvalue weighted by Gasteiger charge is -2.28. The third-order valence-corrected chi connectivity index (χ3v) is 7.43. The van der Waals surface area contributed by atoms with Crippen molar-refractivity contribution in [3.63, 3.8) is 0 Å². The van der Waals surface area contributed by atoms with Gasteiger partial charge in [-0.05, 0) is 50.6 Å². The Morgan fingerprint density at radius 1 is 1.21 bits per heavy atom. The maximum Gasteiger partial charge on any atom is 0.261 e. The number of piperidine rings is 1. The maximum absolute atomic E-state index is 12.6. The minimum absolute atomic E-state index is 0.130. The Balaban J connectivity index is 1.74. The first-order chi connectivity index (χ1) is 11.5. The van der Waals surface area contributed by atoms with Crippen LogP contribution in [-0.2, 0) is 9.84 Å². The minimum atomic E-state index is -3.57. The fourth-order valence-corrected chi connectivity index (χ4v) is 5.45. The van der Waals surface area contributed by atoms with E-state index in [0.29, 0.717) is 10.9 Å². The summed E-state index contributed by atoms with van der Waals surface area (Å²) in [5.41, 5.74) is 0. The molecule has 1 aliphatic heterocycles. The smallest absolute Gasteiger partial charge is 0.261 e. The number of sulfone groups is 1. The van der Waals surface area contributed by atoms with E-state index in [0.717, 1.165) is 30.7 Å². The maximum atomic E-state index is 12.6. The van der Waals surface area contributed by atoms with Crippen molar-refractivity contribution in [3.8, 4) is 0 Å². The van der Waals surface area contributed by atoms with Crippen molar-refractivity contribution in [2.45, 2.75) is 41.0 Å². The van der Waals surface area contributed by atoms with Crippen LogP contribution in [-0.4, -0.2) is 33.0 Å². The van der Waals surface area contributed by atoms with E-state index in [9.17, 15) is 13.2 Å². The van der Waals surface area contributed by atoms with Gasteiger partial charge < -0.3 is 10.6 Å². The van der Waals surface area contributed by atoms with E-state index in [1.54, 1.807) is 36.4 Å². The van der Waals surface area contributed by atoms with Gasteiger partial charge in [0.05, 0.1) is 9.77 Å². The van der Waals surface area contributed by atoms with Crippen LogP contribution in [0.2, 0.25) is 0 Å². The normalized spacial score (nSPS) is 21.4. The van der Waals surface area contributed by atoms with Crippen LogP contribution in [0, 0.1) is 0 Å². The van der Waals surface area contributed by atoms with Crippen molar-refractivity contribution < 1.29 is 13.2 Å². The SMILES string of the molecule is CC1CC(NC(=O)c2ccc(S(=O)(=O)c3ccccc3)s2)CCN1. The number of hydrogen-bond donors (Lipinski definition) is 2. The quantitative estimate of drug-likeness (QED) is 0.874. The zero-order valence-electron chi connectivity index (χ0n) is 13.4. The van der Waals surface area contributed by atoms with Crippen LogP contribution < -0.4 is 10.6 Å². The lowest BCUT2D eigenvalue weighted by molar-refractivity contribution is 0.0930. The molecule has 0 spiro atoms. The van der Waals surface area contributed by atoms with Gasteiger partial charge in [-0.2, -0.15) is 0 Å². The summed E-state index contributed by atoms with van der Waals surface area (Å²) in [4.78, 5) is 13.0. The van der Waals surface area contributed by atoms with E-state index in [2.05, 4.69) is 17.6 Å². The lowest BCUT2D eigenvalue weighted by Crippen LogP contribution is -2.46. The van der Waals surface area contributed by atoms with Gasteiger partial charge >= 0.3 is 0 Å². The van der Waals surface area contributed by atoms with Gasteiger partial charge in [0.1, 0.15) is 4.21 Å². The van der Waals surface area contributed by atoms with Crippen molar-refractivity contribution in [1.82, 2.24) is 10.6 Å². The summed E-state index contributed by atoms with van der Waals surface area (Å²) in [6.07, 6.45) is 1.77. The molecule has 2 atom stereocenters. The molecule has 0 aliphatic carbocycles. The second kappa shape index (κ2) is 7.04. The van der Waals surface area contributed by atoms with Gasteiger partial charge in [-0.3, -0.25) is 4.79 Å². The van der Waals surface area contributed by atoms with Gasteiger partial charge in [0.15, 0.2) is 0 Å². The first kappa shape index (κ1) is 17.1. The minimum Gasteiger partial charge on any atom is -0.349 e. The third-order valence-electron chi connectivity index (χ3n) is 4.08. The summed E-state index contributed by atoms with van der Waals surface area (Å²) in [5.74, 6) is -0.200. The van der Waals surface area contributed by atoms with Crippen molar-refractivity contribution in [2.24, 2.45) is 0 Å². The molecule has 0 radical (unpaired) electrons. The predicted octanol–water partition coefficient (Wildman–Crippen LogP) is 2.45. The Morgan fingerprint density at radius 2 is 1.96 bits per heavy atom. The molecule has 1 fully saturated rings. The number of nitrogens with one attached hydrogen (secondary N) is 2. The zero-order valence-corrected chi connectivity index (χ0v) is 15.0. The standard InChI is InChI=1S/C17H20N2O3S2/c1-12-11-13(9-10-18-12)19-17(20)15-7-8-16(23-15)24(21,22)14-5-3-2-4-6-14/h2-8,12-13,18H,9-11H2,1H3,(H,19,20). The molecule has 2 heterocycles. The zero-order chi connectivity index (χ0) is 17.2. The Kier molecular flexibility index (Phi) is 5.03. The van der Waals surface area contributed by atoms with Gasteiger partial charge in [-0.1, -0.05) is 18.2 Å². The highest BCUT2D eigenvalue weighted by Gasteiger charge is 2.24. The Labute approximate surface area is 146 Å². The first-order valence-corrected chi connectivity index (χ1v) is 10.2. The van der Waals surface area contributed by atoms with Crippen molar-refractivity contribution in [1.29, 1.82) is 0 Å². The van der Waals surface area contributed by atoms with Crippen molar-refractivity contribution in [3.05, 3.63) is 47.3 Å². The van der Waals surface area contributed by atoms with Crippen LogP contribution in [0.15, 0.2) is 51.6 Å². The Morgan fingerprint density at radius 3 is 2.67 bits per heavy atom. The third kappa shape index (κ3) is 3.68. The van der Waals surface area contributed by atoms with E-state index in [4.69, 9.17) is 0 Å². The number of carbonyl (C=O) groups is 1. The molecule has 2 unspecified atom stereocenters. The molecular formula is C17H20N2O3S2. The van der Waals surface area contributed by atoms with Crippen molar-refractivity contribution in [2.75, 3.05) is 6.54 Å². The van der Waals surface area contributed by atoms with E-state index >= 15 is 0 Å².